The zero-order valence-corrected chi connectivity index (χ0v) is 12.4. The topological polar surface area (TPSA) is 80.7 Å². The molecule has 0 aliphatic rings. The first-order valence-electron chi connectivity index (χ1n) is 5.48. The van der Waals surface area contributed by atoms with Gasteiger partial charge in [-0.05, 0) is 31.5 Å². The Labute approximate surface area is 117 Å². The van der Waals surface area contributed by atoms with Crippen LogP contribution < -0.4 is 0 Å². The van der Waals surface area contributed by atoms with Crippen LogP contribution in [0.15, 0.2) is 17.0 Å². The number of halogens is 1. The predicted molar refractivity (Wildman–Crippen MR) is 71.7 cm³/mol. The number of methoxy groups -OCH3 is 1. The zero-order chi connectivity index (χ0) is 14.8. The zero-order valence-electron chi connectivity index (χ0n) is 10.8. The number of benzene rings is 1. The molecule has 0 heterocycles. The maximum atomic E-state index is 12.2. The van der Waals surface area contributed by atoms with Crippen LogP contribution in [0.4, 0.5) is 0 Å². The summed E-state index contributed by atoms with van der Waals surface area (Å²) in [5.74, 6) is -1.44. The van der Waals surface area contributed by atoms with Crippen LogP contribution in [0.25, 0.3) is 0 Å². The Morgan fingerprint density at radius 2 is 2.05 bits per heavy atom. The molecule has 0 aliphatic heterocycles. The second-order valence-electron chi connectivity index (χ2n) is 4.21. The van der Waals surface area contributed by atoms with E-state index >= 15 is 0 Å². The first kappa shape index (κ1) is 15.9. The van der Waals surface area contributed by atoms with Gasteiger partial charge in [0.1, 0.15) is 0 Å². The Morgan fingerprint density at radius 1 is 1.47 bits per heavy atom. The number of hydrogen-bond acceptors (Lipinski definition) is 4. The molecule has 1 unspecified atom stereocenters. The van der Waals surface area contributed by atoms with Gasteiger partial charge in [-0.3, -0.25) is 0 Å². The van der Waals surface area contributed by atoms with E-state index in [-0.39, 0.29) is 26.8 Å². The van der Waals surface area contributed by atoms with Gasteiger partial charge < -0.3 is 9.84 Å². The Balaban J connectivity index is 3.39. The molecule has 0 aromatic heterocycles. The molecule has 0 fully saturated rings. The summed E-state index contributed by atoms with van der Waals surface area (Å²) in [4.78, 5) is 11.0. The van der Waals surface area contributed by atoms with Crippen molar-refractivity contribution in [3.8, 4) is 0 Å². The van der Waals surface area contributed by atoms with Gasteiger partial charge in [-0.2, -0.15) is 0 Å². The SMILES string of the molecule is COC(C)CS(=O)(=O)c1cc(Cl)cc(C(=O)O)c1C. The highest BCUT2D eigenvalue weighted by Gasteiger charge is 2.24. The smallest absolute Gasteiger partial charge is 0.336 e. The lowest BCUT2D eigenvalue weighted by Gasteiger charge is -2.13. The minimum Gasteiger partial charge on any atom is -0.478 e. The molecule has 1 aromatic rings. The summed E-state index contributed by atoms with van der Waals surface area (Å²) >= 11 is 5.78. The summed E-state index contributed by atoms with van der Waals surface area (Å²) in [5, 5.41) is 9.11. The number of hydrogen-bond donors (Lipinski definition) is 1. The molecule has 0 bridgehead atoms. The van der Waals surface area contributed by atoms with E-state index in [4.69, 9.17) is 21.4 Å². The van der Waals surface area contributed by atoms with Crippen LogP contribution in [0.5, 0.6) is 0 Å². The van der Waals surface area contributed by atoms with Crippen molar-refractivity contribution in [2.24, 2.45) is 0 Å². The second kappa shape index (κ2) is 5.90. The standard InChI is InChI=1S/C12H15ClO5S/c1-7(18-3)6-19(16,17)11-5-9(13)4-10(8(11)2)12(14)15/h4-5,7H,6H2,1-3H3,(H,14,15). The van der Waals surface area contributed by atoms with Gasteiger partial charge in [0.15, 0.2) is 9.84 Å². The fourth-order valence-corrected chi connectivity index (χ4v) is 3.77. The lowest BCUT2D eigenvalue weighted by Crippen LogP contribution is -2.21. The van der Waals surface area contributed by atoms with E-state index in [0.717, 1.165) is 0 Å². The van der Waals surface area contributed by atoms with E-state index in [0.29, 0.717) is 0 Å². The van der Waals surface area contributed by atoms with Gasteiger partial charge in [-0.25, -0.2) is 13.2 Å². The van der Waals surface area contributed by atoms with Gasteiger partial charge in [0, 0.05) is 12.1 Å². The molecule has 1 atom stereocenters. The first-order valence-corrected chi connectivity index (χ1v) is 7.51. The van der Waals surface area contributed by atoms with Crippen molar-refractivity contribution in [1.29, 1.82) is 0 Å². The van der Waals surface area contributed by atoms with Crippen molar-refractivity contribution in [3.63, 3.8) is 0 Å². The number of ether oxygens (including phenoxy) is 1. The van der Waals surface area contributed by atoms with Gasteiger partial charge in [0.25, 0.3) is 0 Å². The number of rotatable bonds is 5. The number of sulfone groups is 1. The summed E-state index contributed by atoms with van der Waals surface area (Å²) in [5.41, 5.74) is 0.0661. The van der Waals surface area contributed by atoms with Crippen LogP contribution in [-0.2, 0) is 14.6 Å². The summed E-state index contributed by atoms with van der Waals surface area (Å²) in [6.07, 6.45) is -0.489. The van der Waals surface area contributed by atoms with Crippen molar-refractivity contribution < 1.29 is 23.1 Å². The van der Waals surface area contributed by atoms with Gasteiger partial charge in [0.05, 0.1) is 22.3 Å². The van der Waals surface area contributed by atoms with Gasteiger partial charge in [-0.1, -0.05) is 11.6 Å². The number of carboxylic acid groups (broad SMARTS) is 1. The van der Waals surface area contributed by atoms with Crippen LogP contribution in [0.1, 0.15) is 22.8 Å². The molecule has 0 aliphatic carbocycles. The van der Waals surface area contributed by atoms with E-state index < -0.39 is 21.9 Å². The van der Waals surface area contributed by atoms with Crippen LogP contribution in [0.3, 0.4) is 0 Å². The van der Waals surface area contributed by atoms with E-state index in [9.17, 15) is 13.2 Å². The second-order valence-corrected chi connectivity index (χ2v) is 6.65. The minimum atomic E-state index is -3.65. The number of aromatic carboxylic acids is 1. The van der Waals surface area contributed by atoms with E-state index in [1.807, 2.05) is 0 Å². The monoisotopic (exact) mass is 306 g/mol. The highest BCUT2D eigenvalue weighted by Crippen LogP contribution is 2.26. The summed E-state index contributed by atoms with van der Waals surface area (Å²) < 4.78 is 29.4. The molecule has 1 N–H and O–H groups in total. The number of carbonyl (C=O) groups is 1. The third-order valence-corrected chi connectivity index (χ3v) is 4.97. The Bertz CT molecular complexity index is 594. The number of carboxylic acids is 1. The third kappa shape index (κ3) is 3.68. The van der Waals surface area contributed by atoms with E-state index in [1.54, 1.807) is 6.92 Å². The fourth-order valence-electron chi connectivity index (χ4n) is 1.67. The van der Waals surface area contributed by atoms with Crippen molar-refractivity contribution in [2.45, 2.75) is 24.8 Å². The maximum absolute atomic E-state index is 12.2. The highest BCUT2D eigenvalue weighted by molar-refractivity contribution is 7.91. The van der Waals surface area contributed by atoms with Crippen molar-refractivity contribution >= 4 is 27.4 Å². The molecule has 106 valence electrons. The Kier molecular flexibility index (Phi) is 4.95. The largest absolute Gasteiger partial charge is 0.478 e. The first-order chi connectivity index (χ1) is 8.69. The van der Waals surface area contributed by atoms with Crippen molar-refractivity contribution in [2.75, 3.05) is 12.9 Å². The van der Waals surface area contributed by atoms with Gasteiger partial charge in [0.2, 0.25) is 0 Å². The molecular formula is C12H15ClO5S. The van der Waals surface area contributed by atoms with Crippen LogP contribution >= 0.6 is 11.6 Å². The van der Waals surface area contributed by atoms with Gasteiger partial charge >= 0.3 is 5.97 Å². The molecule has 5 nitrogen and oxygen atoms in total. The molecule has 0 amide bonds. The molecule has 1 rings (SSSR count). The lowest BCUT2D eigenvalue weighted by atomic mass is 10.1. The molecule has 19 heavy (non-hydrogen) atoms. The van der Waals surface area contributed by atoms with Gasteiger partial charge in [-0.15, -0.1) is 0 Å². The van der Waals surface area contributed by atoms with Crippen LogP contribution in [0, 0.1) is 6.92 Å². The fraction of sp³-hybridized carbons (Fsp3) is 0.417. The summed E-state index contributed by atoms with van der Waals surface area (Å²) in [7, 11) is -2.24. The minimum absolute atomic E-state index is 0.0682. The predicted octanol–water partition coefficient (Wildman–Crippen LogP) is 2.16. The van der Waals surface area contributed by atoms with E-state index in [2.05, 4.69) is 0 Å². The Hall–Kier alpha value is -1.11. The average Bonchev–Trinajstić information content (AvgIpc) is 2.30. The van der Waals surface area contributed by atoms with Crippen LogP contribution in [0.2, 0.25) is 5.02 Å². The third-order valence-electron chi connectivity index (χ3n) is 2.75. The molecule has 1 aromatic carbocycles. The molecular weight excluding hydrogens is 292 g/mol. The van der Waals surface area contributed by atoms with Crippen LogP contribution in [-0.4, -0.2) is 38.5 Å². The summed E-state index contributed by atoms with van der Waals surface area (Å²) in [6.45, 7) is 3.07. The molecule has 0 saturated heterocycles. The van der Waals surface area contributed by atoms with Crippen molar-refractivity contribution in [3.05, 3.63) is 28.3 Å². The molecule has 7 heteroatoms. The molecule has 0 radical (unpaired) electrons. The highest BCUT2D eigenvalue weighted by atomic mass is 35.5. The Morgan fingerprint density at radius 3 is 2.53 bits per heavy atom. The molecule has 0 spiro atoms. The van der Waals surface area contributed by atoms with E-state index in [1.165, 1.54) is 26.2 Å². The molecule has 0 saturated carbocycles. The lowest BCUT2D eigenvalue weighted by molar-refractivity contribution is 0.0696. The maximum Gasteiger partial charge on any atom is 0.336 e. The average molecular weight is 307 g/mol. The quantitative estimate of drug-likeness (QED) is 0.901. The normalized spacial score (nSPS) is 13.3. The summed E-state index contributed by atoms with van der Waals surface area (Å²) in [6, 6.07) is 2.50. The van der Waals surface area contributed by atoms with Crippen molar-refractivity contribution in [1.82, 2.24) is 0 Å².